The lowest BCUT2D eigenvalue weighted by molar-refractivity contribution is 0.0949. The van der Waals surface area contributed by atoms with Crippen molar-refractivity contribution in [2.75, 3.05) is 6.54 Å². The van der Waals surface area contributed by atoms with Crippen molar-refractivity contribution in [2.24, 2.45) is 0 Å². The molecule has 0 atom stereocenters. The van der Waals surface area contributed by atoms with Gasteiger partial charge in [0.2, 0.25) is 0 Å². The lowest BCUT2D eigenvalue weighted by atomic mass is 10.1. The van der Waals surface area contributed by atoms with Gasteiger partial charge in [-0.2, -0.15) is 0 Å². The zero-order valence-corrected chi connectivity index (χ0v) is 9.22. The van der Waals surface area contributed by atoms with E-state index in [0.717, 1.165) is 5.56 Å². The first-order valence-electron chi connectivity index (χ1n) is 5.13. The number of terminal acetylenes is 1. The molecule has 16 heavy (non-hydrogen) atoms. The van der Waals surface area contributed by atoms with Crippen molar-refractivity contribution in [3.8, 4) is 12.3 Å². The van der Waals surface area contributed by atoms with Gasteiger partial charge in [-0.05, 0) is 25.5 Å². The number of rotatable bonds is 4. The van der Waals surface area contributed by atoms with Crippen molar-refractivity contribution in [3.63, 3.8) is 0 Å². The van der Waals surface area contributed by atoms with Crippen molar-refractivity contribution < 1.29 is 9.18 Å². The number of carbonyl (C=O) groups excluding carboxylic acids is 1. The van der Waals surface area contributed by atoms with Crippen LogP contribution in [0.5, 0.6) is 0 Å². The van der Waals surface area contributed by atoms with E-state index in [1.807, 2.05) is 6.92 Å². The molecule has 0 heterocycles. The number of halogens is 1. The van der Waals surface area contributed by atoms with E-state index in [9.17, 15) is 9.18 Å². The molecule has 1 rings (SSSR count). The minimum Gasteiger partial charge on any atom is -0.352 e. The molecule has 0 unspecified atom stereocenters. The number of hydrogen-bond acceptors (Lipinski definition) is 1. The quantitative estimate of drug-likeness (QED) is 0.611. The predicted molar refractivity (Wildman–Crippen MR) is 61.5 cm³/mol. The molecule has 0 bridgehead atoms. The van der Waals surface area contributed by atoms with Crippen molar-refractivity contribution in [1.82, 2.24) is 5.32 Å². The van der Waals surface area contributed by atoms with Gasteiger partial charge in [0.1, 0.15) is 5.82 Å². The zero-order chi connectivity index (χ0) is 12.0. The molecule has 0 spiro atoms. The third-order valence-corrected chi connectivity index (χ3v) is 2.15. The minimum absolute atomic E-state index is 0.0840. The number of carbonyl (C=O) groups is 1. The molecular formula is C13H14FNO. The van der Waals surface area contributed by atoms with Gasteiger partial charge in [0.05, 0.1) is 5.56 Å². The summed E-state index contributed by atoms with van der Waals surface area (Å²) in [5.74, 6) is 1.59. The van der Waals surface area contributed by atoms with E-state index in [4.69, 9.17) is 6.42 Å². The second-order valence-corrected chi connectivity index (χ2v) is 3.55. The Kier molecular flexibility index (Phi) is 4.53. The maximum absolute atomic E-state index is 13.3. The molecule has 0 saturated heterocycles. The van der Waals surface area contributed by atoms with Gasteiger partial charge in [0.15, 0.2) is 0 Å². The van der Waals surface area contributed by atoms with Crippen molar-refractivity contribution in [3.05, 3.63) is 35.1 Å². The maximum atomic E-state index is 13.3. The van der Waals surface area contributed by atoms with E-state index in [0.29, 0.717) is 19.4 Å². The molecule has 0 aliphatic rings. The number of unbranched alkanes of at least 4 members (excludes halogenated alkanes) is 1. The first kappa shape index (κ1) is 12.3. The molecule has 1 N–H and O–H groups in total. The summed E-state index contributed by atoms with van der Waals surface area (Å²) in [6.07, 6.45) is 6.39. The Labute approximate surface area is 94.9 Å². The van der Waals surface area contributed by atoms with Gasteiger partial charge in [-0.3, -0.25) is 4.79 Å². The van der Waals surface area contributed by atoms with E-state index >= 15 is 0 Å². The minimum atomic E-state index is -0.500. The fourth-order valence-electron chi connectivity index (χ4n) is 1.30. The molecule has 0 saturated carbocycles. The highest BCUT2D eigenvalue weighted by molar-refractivity contribution is 5.94. The maximum Gasteiger partial charge on any atom is 0.254 e. The summed E-state index contributed by atoms with van der Waals surface area (Å²) in [5, 5.41) is 2.63. The smallest absolute Gasteiger partial charge is 0.254 e. The van der Waals surface area contributed by atoms with Gasteiger partial charge in [0, 0.05) is 13.0 Å². The Morgan fingerprint density at radius 2 is 2.31 bits per heavy atom. The number of hydrogen-bond donors (Lipinski definition) is 1. The molecular weight excluding hydrogens is 205 g/mol. The van der Waals surface area contributed by atoms with Crippen LogP contribution in [0.1, 0.15) is 28.8 Å². The highest BCUT2D eigenvalue weighted by Gasteiger charge is 2.10. The van der Waals surface area contributed by atoms with Crippen molar-refractivity contribution >= 4 is 5.91 Å². The molecule has 2 nitrogen and oxygen atoms in total. The van der Waals surface area contributed by atoms with Crippen LogP contribution in [0.15, 0.2) is 18.2 Å². The van der Waals surface area contributed by atoms with Gasteiger partial charge >= 0.3 is 0 Å². The number of nitrogens with one attached hydrogen (secondary N) is 1. The van der Waals surface area contributed by atoms with Crippen LogP contribution < -0.4 is 5.32 Å². The predicted octanol–water partition coefficient (Wildman–Crippen LogP) is 2.28. The summed E-state index contributed by atoms with van der Waals surface area (Å²) in [7, 11) is 0. The van der Waals surface area contributed by atoms with Crippen LogP contribution >= 0.6 is 0 Å². The zero-order valence-electron chi connectivity index (χ0n) is 9.22. The van der Waals surface area contributed by atoms with Crippen LogP contribution in [0, 0.1) is 25.1 Å². The summed E-state index contributed by atoms with van der Waals surface area (Å²) in [6.45, 7) is 2.28. The van der Waals surface area contributed by atoms with Crippen LogP contribution in [0.25, 0.3) is 0 Å². The Balaban J connectivity index is 2.59. The fourth-order valence-corrected chi connectivity index (χ4v) is 1.30. The van der Waals surface area contributed by atoms with E-state index in [-0.39, 0.29) is 5.56 Å². The molecule has 0 aliphatic heterocycles. The molecule has 3 heteroatoms. The molecule has 0 fully saturated rings. The van der Waals surface area contributed by atoms with E-state index < -0.39 is 11.7 Å². The number of benzene rings is 1. The molecule has 0 radical (unpaired) electrons. The topological polar surface area (TPSA) is 29.1 Å². The molecule has 0 aliphatic carbocycles. The average Bonchev–Trinajstić information content (AvgIpc) is 2.27. The highest BCUT2D eigenvalue weighted by Crippen LogP contribution is 2.09. The summed E-state index contributed by atoms with van der Waals surface area (Å²) in [4.78, 5) is 11.6. The lowest BCUT2D eigenvalue weighted by Crippen LogP contribution is -2.25. The summed E-state index contributed by atoms with van der Waals surface area (Å²) in [6, 6.07) is 4.46. The van der Waals surface area contributed by atoms with E-state index in [1.54, 1.807) is 6.07 Å². The highest BCUT2D eigenvalue weighted by atomic mass is 19.1. The summed E-state index contributed by atoms with van der Waals surface area (Å²) >= 11 is 0. The van der Waals surface area contributed by atoms with Gasteiger partial charge in [-0.15, -0.1) is 12.3 Å². The van der Waals surface area contributed by atoms with Crippen LogP contribution in [0.3, 0.4) is 0 Å². The first-order valence-corrected chi connectivity index (χ1v) is 5.13. The van der Waals surface area contributed by atoms with E-state index in [2.05, 4.69) is 11.2 Å². The second kappa shape index (κ2) is 5.92. The van der Waals surface area contributed by atoms with Crippen molar-refractivity contribution in [2.45, 2.75) is 19.8 Å². The SMILES string of the molecule is C#CCCCNC(=O)c1cc(C)ccc1F. The van der Waals surface area contributed by atoms with Crippen LogP contribution in [-0.2, 0) is 0 Å². The number of aryl methyl sites for hydroxylation is 1. The Morgan fingerprint density at radius 1 is 1.56 bits per heavy atom. The Hall–Kier alpha value is -1.82. The fraction of sp³-hybridized carbons (Fsp3) is 0.308. The largest absolute Gasteiger partial charge is 0.352 e. The lowest BCUT2D eigenvalue weighted by Gasteiger charge is -2.05. The molecule has 84 valence electrons. The molecule has 0 aromatic heterocycles. The molecule has 1 aromatic carbocycles. The van der Waals surface area contributed by atoms with Gasteiger partial charge in [-0.1, -0.05) is 11.6 Å². The van der Waals surface area contributed by atoms with Crippen LogP contribution in [0.4, 0.5) is 4.39 Å². The third kappa shape index (κ3) is 3.39. The monoisotopic (exact) mass is 219 g/mol. The van der Waals surface area contributed by atoms with Crippen LogP contribution in [-0.4, -0.2) is 12.5 Å². The second-order valence-electron chi connectivity index (χ2n) is 3.55. The van der Waals surface area contributed by atoms with Gasteiger partial charge < -0.3 is 5.32 Å². The standard InChI is InChI=1S/C13H14FNO/c1-3-4-5-8-15-13(16)11-9-10(2)6-7-12(11)14/h1,6-7,9H,4-5,8H2,2H3,(H,15,16). The third-order valence-electron chi connectivity index (χ3n) is 2.15. The average molecular weight is 219 g/mol. The first-order chi connectivity index (χ1) is 7.65. The molecule has 1 aromatic rings. The van der Waals surface area contributed by atoms with Crippen LogP contribution in [0.2, 0.25) is 0 Å². The van der Waals surface area contributed by atoms with Gasteiger partial charge in [0.25, 0.3) is 5.91 Å². The molecule has 1 amide bonds. The normalized spacial score (nSPS) is 9.56. The van der Waals surface area contributed by atoms with Crippen molar-refractivity contribution in [1.29, 1.82) is 0 Å². The summed E-state index contributed by atoms with van der Waals surface area (Å²) < 4.78 is 13.3. The number of amides is 1. The summed E-state index contributed by atoms with van der Waals surface area (Å²) in [5.41, 5.74) is 0.941. The Bertz CT molecular complexity index is 420. The Morgan fingerprint density at radius 3 is 3.00 bits per heavy atom. The van der Waals surface area contributed by atoms with Gasteiger partial charge in [-0.25, -0.2) is 4.39 Å². The van der Waals surface area contributed by atoms with E-state index in [1.165, 1.54) is 12.1 Å².